The van der Waals surface area contributed by atoms with Gasteiger partial charge in [0.15, 0.2) is 5.82 Å². The fraction of sp³-hybridized carbons (Fsp3) is 0.333. The van der Waals surface area contributed by atoms with Gasteiger partial charge in [-0.05, 0) is 18.1 Å². The van der Waals surface area contributed by atoms with Crippen molar-refractivity contribution in [3.63, 3.8) is 0 Å². The van der Waals surface area contributed by atoms with Crippen molar-refractivity contribution in [2.75, 3.05) is 26.8 Å². The van der Waals surface area contributed by atoms with E-state index in [9.17, 15) is 9.59 Å². The molecule has 2 heterocycles. The van der Waals surface area contributed by atoms with E-state index in [1.54, 1.807) is 4.90 Å². The van der Waals surface area contributed by atoms with Crippen LogP contribution in [0.2, 0.25) is 0 Å². The first-order valence-corrected chi connectivity index (χ1v) is 10.6. The number of amides is 2. The van der Waals surface area contributed by atoms with E-state index < -0.39 is 0 Å². The van der Waals surface area contributed by atoms with E-state index in [1.807, 2.05) is 61.5 Å². The molecule has 0 aliphatic carbocycles. The maximum Gasteiger partial charge on any atom is 0.246 e. The van der Waals surface area contributed by atoms with Crippen molar-refractivity contribution in [3.05, 3.63) is 71.5 Å². The Morgan fingerprint density at radius 3 is 2.62 bits per heavy atom. The number of carbonyl (C=O) groups excluding carboxylic acids is 2. The average Bonchev–Trinajstić information content (AvgIpc) is 3.43. The van der Waals surface area contributed by atoms with Crippen LogP contribution in [0.4, 0.5) is 0 Å². The minimum atomic E-state index is -0.282. The second-order valence-electron chi connectivity index (χ2n) is 8.03. The molecule has 8 nitrogen and oxygen atoms in total. The maximum absolute atomic E-state index is 13.1. The van der Waals surface area contributed by atoms with Crippen LogP contribution in [0.1, 0.15) is 22.9 Å². The lowest BCUT2D eigenvalue weighted by Crippen LogP contribution is -2.42. The van der Waals surface area contributed by atoms with E-state index >= 15 is 0 Å². The van der Waals surface area contributed by atoms with Gasteiger partial charge in [-0.3, -0.25) is 14.7 Å². The summed E-state index contributed by atoms with van der Waals surface area (Å²) in [5, 5.41) is 10.4. The highest BCUT2D eigenvalue weighted by molar-refractivity contribution is 5.81. The lowest BCUT2D eigenvalue weighted by molar-refractivity contribution is -0.130. The Balaban J connectivity index is 1.54. The highest BCUT2D eigenvalue weighted by atomic mass is 16.5. The van der Waals surface area contributed by atoms with Gasteiger partial charge in [-0.1, -0.05) is 54.6 Å². The third-order valence-corrected chi connectivity index (χ3v) is 5.78. The fourth-order valence-corrected chi connectivity index (χ4v) is 4.05. The summed E-state index contributed by atoms with van der Waals surface area (Å²) in [6, 6.07) is 17.3. The Bertz CT molecular complexity index is 1080. The second kappa shape index (κ2) is 9.74. The summed E-state index contributed by atoms with van der Waals surface area (Å²) >= 11 is 0. The Hall–Kier alpha value is -3.52. The summed E-state index contributed by atoms with van der Waals surface area (Å²) in [4.78, 5) is 31.8. The number of hydrogen-bond acceptors (Lipinski definition) is 5. The normalized spacial score (nSPS) is 18.0. The number of aromatic nitrogens is 3. The van der Waals surface area contributed by atoms with Gasteiger partial charge < -0.3 is 15.0 Å². The number of H-pyrrole nitrogens is 1. The highest BCUT2D eigenvalue weighted by Crippen LogP contribution is 2.28. The van der Waals surface area contributed by atoms with E-state index in [1.165, 1.54) is 7.11 Å². The number of rotatable bonds is 7. The smallest absolute Gasteiger partial charge is 0.246 e. The number of methoxy groups -OCH3 is 1. The minimum absolute atomic E-state index is 0.0237. The number of nitrogens with one attached hydrogen (secondary N) is 2. The zero-order valence-electron chi connectivity index (χ0n) is 18.2. The SMILES string of the molecule is COCC(=O)NC1CN(C(=O)Cc2ccccc2C)CC1c1nc(-c2ccccc2)n[nH]1. The molecule has 2 aromatic carbocycles. The largest absolute Gasteiger partial charge is 0.375 e. The van der Waals surface area contributed by atoms with Crippen molar-refractivity contribution in [3.8, 4) is 11.4 Å². The maximum atomic E-state index is 13.1. The Labute approximate surface area is 187 Å². The molecular formula is C24H27N5O3. The molecule has 1 aliphatic heterocycles. The predicted molar refractivity (Wildman–Crippen MR) is 120 cm³/mol. The molecule has 2 N–H and O–H groups in total. The van der Waals surface area contributed by atoms with Gasteiger partial charge >= 0.3 is 0 Å². The number of benzene rings is 2. The molecule has 4 rings (SSSR count). The lowest BCUT2D eigenvalue weighted by Gasteiger charge is -2.18. The van der Waals surface area contributed by atoms with Gasteiger partial charge in [-0.2, -0.15) is 5.10 Å². The molecule has 0 radical (unpaired) electrons. The van der Waals surface area contributed by atoms with E-state index in [4.69, 9.17) is 4.74 Å². The number of aromatic amines is 1. The zero-order chi connectivity index (χ0) is 22.5. The van der Waals surface area contributed by atoms with Crippen LogP contribution in [0.3, 0.4) is 0 Å². The van der Waals surface area contributed by atoms with E-state index in [0.717, 1.165) is 16.7 Å². The molecule has 1 saturated heterocycles. The predicted octanol–water partition coefficient (Wildman–Crippen LogP) is 2.08. The molecule has 1 fully saturated rings. The third-order valence-electron chi connectivity index (χ3n) is 5.78. The summed E-state index contributed by atoms with van der Waals surface area (Å²) in [6.45, 7) is 2.83. The Kier molecular flexibility index (Phi) is 6.61. The zero-order valence-corrected chi connectivity index (χ0v) is 18.2. The molecule has 2 unspecified atom stereocenters. The highest BCUT2D eigenvalue weighted by Gasteiger charge is 2.39. The quantitative estimate of drug-likeness (QED) is 0.594. The number of aryl methyl sites for hydroxylation is 1. The number of carbonyl (C=O) groups is 2. The number of ether oxygens (including phenoxy) is 1. The summed E-state index contributed by atoms with van der Waals surface area (Å²) < 4.78 is 4.95. The number of nitrogens with zero attached hydrogens (tertiary/aromatic N) is 3. The van der Waals surface area contributed by atoms with Gasteiger partial charge in [-0.25, -0.2) is 4.98 Å². The van der Waals surface area contributed by atoms with E-state index in [0.29, 0.717) is 31.2 Å². The first kappa shape index (κ1) is 21.7. The van der Waals surface area contributed by atoms with Crippen LogP contribution in [-0.4, -0.2) is 64.7 Å². The van der Waals surface area contributed by atoms with Gasteiger partial charge in [-0.15, -0.1) is 0 Å². The Morgan fingerprint density at radius 2 is 1.88 bits per heavy atom. The van der Waals surface area contributed by atoms with Crippen LogP contribution in [0.5, 0.6) is 0 Å². The average molecular weight is 434 g/mol. The van der Waals surface area contributed by atoms with Gasteiger partial charge in [0, 0.05) is 25.8 Å². The molecule has 1 aromatic heterocycles. The van der Waals surface area contributed by atoms with Crippen LogP contribution in [-0.2, 0) is 20.7 Å². The van der Waals surface area contributed by atoms with Crippen LogP contribution >= 0.6 is 0 Å². The first-order valence-electron chi connectivity index (χ1n) is 10.6. The van der Waals surface area contributed by atoms with Gasteiger partial charge in [0.05, 0.1) is 18.4 Å². The van der Waals surface area contributed by atoms with E-state index in [-0.39, 0.29) is 30.4 Å². The molecule has 3 aromatic rings. The molecule has 8 heteroatoms. The van der Waals surface area contributed by atoms with E-state index in [2.05, 4.69) is 20.5 Å². The van der Waals surface area contributed by atoms with Crippen molar-refractivity contribution in [1.29, 1.82) is 0 Å². The van der Waals surface area contributed by atoms with Crippen molar-refractivity contribution in [2.45, 2.75) is 25.3 Å². The second-order valence-corrected chi connectivity index (χ2v) is 8.03. The molecule has 32 heavy (non-hydrogen) atoms. The molecule has 0 spiro atoms. The molecule has 0 saturated carbocycles. The van der Waals surface area contributed by atoms with Crippen molar-refractivity contribution in [2.24, 2.45) is 0 Å². The third kappa shape index (κ3) is 4.86. The molecule has 2 atom stereocenters. The molecule has 2 amide bonds. The summed E-state index contributed by atoms with van der Waals surface area (Å²) in [7, 11) is 1.48. The topological polar surface area (TPSA) is 100 Å². The van der Waals surface area contributed by atoms with Crippen LogP contribution in [0.25, 0.3) is 11.4 Å². The summed E-state index contributed by atoms with van der Waals surface area (Å²) in [5.74, 6) is 0.848. The summed E-state index contributed by atoms with van der Waals surface area (Å²) in [5.41, 5.74) is 3.00. The number of hydrogen-bond donors (Lipinski definition) is 2. The van der Waals surface area contributed by atoms with Crippen molar-refractivity contribution >= 4 is 11.8 Å². The van der Waals surface area contributed by atoms with Gasteiger partial charge in [0.2, 0.25) is 11.8 Å². The Morgan fingerprint density at radius 1 is 1.12 bits per heavy atom. The van der Waals surface area contributed by atoms with Gasteiger partial charge in [0.1, 0.15) is 12.4 Å². The van der Waals surface area contributed by atoms with Crippen molar-refractivity contribution < 1.29 is 14.3 Å². The van der Waals surface area contributed by atoms with Crippen LogP contribution < -0.4 is 5.32 Å². The van der Waals surface area contributed by atoms with Crippen LogP contribution in [0, 0.1) is 6.92 Å². The monoisotopic (exact) mass is 433 g/mol. The molecule has 1 aliphatic rings. The number of likely N-dealkylation sites (tertiary alicyclic amines) is 1. The lowest BCUT2D eigenvalue weighted by atomic mass is 10.0. The summed E-state index contributed by atoms with van der Waals surface area (Å²) in [6.07, 6.45) is 0.323. The van der Waals surface area contributed by atoms with Crippen LogP contribution in [0.15, 0.2) is 54.6 Å². The van der Waals surface area contributed by atoms with Crippen molar-refractivity contribution in [1.82, 2.24) is 25.4 Å². The first-order chi connectivity index (χ1) is 15.5. The standard InChI is InChI=1S/C24H27N5O3/c1-16-8-6-7-11-18(16)12-22(31)29-13-19(20(14-29)25-21(30)15-32-2)24-26-23(27-28-24)17-9-4-3-5-10-17/h3-11,19-20H,12-15H2,1-2H3,(H,25,30)(H,26,27,28). The molecular weight excluding hydrogens is 406 g/mol. The molecule has 0 bridgehead atoms. The molecule has 166 valence electrons. The minimum Gasteiger partial charge on any atom is -0.375 e. The fourth-order valence-electron chi connectivity index (χ4n) is 4.05. The van der Waals surface area contributed by atoms with Gasteiger partial charge in [0.25, 0.3) is 0 Å².